The highest BCUT2D eigenvalue weighted by Crippen LogP contribution is 2.30. The van der Waals surface area contributed by atoms with Crippen LogP contribution in [0.2, 0.25) is 0 Å². The van der Waals surface area contributed by atoms with Crippen molar-refractivity contribution in [2.45, 2.75) is 25.4 Å². The lowest BCUT2D eigenvalue weighted by Crippen LogP contribution is -2.48. The van der Waals surface area contributed by atoms with Crippen molar-refractivity contribution in [2.75, 3.05) is 28.3 Å². The average Bonchev–Trinajstić information content (AvgIpc) is 2.30. The number of nitrogens with zero attached hydrogens (tertiary/aromatic N) is 1. The number of likely N-dealkylation sites (N-methyl/N-ethyl adjacent to an activating group) is 2. The molecule has 0 heterocycles. The molecule has 1 aromatic carbocycles. The summed E-state index contributed by atoms with van der Waals surface area (Å²) in [5, 5.41) is 3.39. The Morgan fingerprint density at radius 3 is 2.06 bits per heavy atom. The first-order valence-electron chi connectivity index (χ1n) is 5.92. The van der Waals surface area contributed by atoms with Gasteiger partial charge in [0.2, 0.25) is 0 Å². The Morgan fingerprint density at radius 1 is 1.18 bits per heavy atom. The van der Waals surface area contributed by atoms with Gasteiger partial charge in [0.15, 0.2) is 0 Å². The van der Waals surface area contributed by atoms with E-state index < -0.39 is 0 Å². The number of rotatable bonds is 5. The predicted octanol–water partition coefficient (Wildman–Crippen LogP) is 2.30. The third-order valence-electron chi connectivity index (χ3n) is 3.60. The normalized spacial score (nSPS) is 13.8. The molecule has 0 amide bonds. The van der Waals surface area contributed by atoms with E-state index in [0.717, 1.165) is 5.75 Å². The second-order valence-electron chi connectivity index (χ2n) is 5.04. The minimum Gasteiger partial charge on any atom is -0.497 e. The van der Waals surface area contributed by atoms with Crippen LogP contribution >= 0.6 is 0 Å². The highest BCUT2D eigenvalue weighted by atomic mass is 16.5. The van der Waals surface area contributed by atoms with Gasteiger partial charge in [0.05, 0.1) is 7.11 Å². The van der Waals surface area contributed by atoms with Crippen molar-refractivity contribution in [1.29, 1.82) is 0 Å². The van der Waals surface area contributed by atoms with E-state index in [-0.39, 0.29) is 11.6 Å². The molecule has 0 bridgehead atoms. The molecule has 17 heavy (non-hydrogen) atoms. The van der Waals surface area contributed by atoms with Crippen LogP contribution in [0.25, 0.3) is 0 Å². The first-order valence-corrected chi connectivity index (χ1v) is 5.92. The van der Waals surface area contributed by atoms with Crippen molar-refractivity contribution in [3.8, 4) is 5.75 Å². The lowest BCUT2D eigenvalue weighted by molar-refractivity contribution is 0.142. The fourth-order valence-corrected chi connectivity index (χ4v) is 1.98. The highest BCUT2D eigenvalue weighted by molar-refractivity contribution is 5.30. The Balaban J connectivity index is 3.01. The molecule has 0 saturated heterocycles. The lowest BCUT2D eigenvalue weighted by atomic mass is 9.87. The van der Waals surface area contributed by atoms with E-state index in [1.807, 2.05) is 19.2 Å². The molecular formula is C14H24N2O. The molecule has 0 aliphatic carbocycles. The second-order valence-corrected chi connectivity index (χ2v) is 5.04. The summed E-state index contributed by atoms with van der Waals surface area (Å²) in [5.41, 5.74) is 1.32. The Labute approximate surface area is 105 Å². The zero-order chi connectivity index (χ0) is 13.1. The Bertz CT molecular complexity index is 344. The third-order valence-corrected chi connectivity index (χ3v) is 3.60. The molecule has 0 aromatic heterocycles. The largest absolute Gasteiger partial charge is 0.497 e. The predicted molar refractivity (Wildman–Crippen MR) is 72.6 cm³/mol. The molecule has 0 saturated carbocycles. The smallest absolute Gasteiger partial charge is 0.118 e. The summed E-state index contributed by atoms with van der Waals surface area (Å²) < 4.78 is 5.18. The van der Waals surface area contributed by atoms with Crippen LogP contribution in [0.4, 0.5) is 0 Å². The van der Waals surface area contributed by atoms with Gasteiger partial charge in [-0.3, -0.25) is 0 Å². The van der Waals surface area contributed by atoms with Gasteiger partial charge >= 0.3 is 0 Å². The minimum absolute atomic E-state index is 0.0450. The molecule has 1 rings (SSSR count). The molecule has 1 aromatic rings. The molecule has 0 spiro atoms. The van der Waals surface area contributed by atoms with Crippen LogP contribution in [0, 0.1) is 0 Å². The summed E-state index contributed by atoms with van der Waals surface area (Å²) in [6.45, 7) is 4.47. The first kappa shape index (κ1) is 14.0. The maximum atomic E-state index is 5.18. The molecule has 3 heteroatoms. The highest BCUT2D eigenvalue weighted by Gasteiger charge is 2.31. The fraction of sp³-hybridized carbons (Fsp3) is 0.571. The average molecular weight is 236 g/mol. The topological polar surface area (TPSA) is 24.5 Å². The zero-order valence-electron chi connectivity index (χ0n) is 11.7. The van der Waals surface area contributed by atoms with Crippen LogP contribution < -0.4 is 10.1 Å². The second kappa shape index (κ2) is 5.52. The number of ether oxygens (including phenoxy) is 1. The number of nitrogens with one attached hydrogen (secondary N) is 1. The summed E-state index contributed by atoms with van der Waals surface area (Å²) in [5.74, 6) is 0.895. The standard InChI is InChI=1S/C14H24N2O/c1-14(2,16(4)5)13(15-3)11-7-9-12(17-6)10-8-11/h7-10,13,15H,1-6H3. The minimum atomic E-state index is 0.0450. The van der Waals surface area contributed by atoms with Gasteiger partial charge in [0.25, 0.3) is 0 Å². The summed E-state index contributed by atoms with van der Waals surface area (Å²) >= 11 is 0. The first-order chi connectivity index (χ1) is 7.93. The summed E-state index contributed by atoms with van der Waals surface area (Å²) in [7, 11) is 7.90. The van der Waals surface area contributed by atoms with Crippen molar-refractivity contribution >= 4 is 0 Å². The number of hydrogen-bond acceptors (Lipinski definition) is 3. The quantitative estimate of drug-likeness (QED) is 0.849. The van der Waals surface area contributed by atoms with Crippen molar-refractivity contribution in [1.82, 2.24) is 10.2 Å². The zero-order valence-corrected chi connectivity index (χ0v) is 11.7. The molecule has 0 radical (unpaired) electrons. The van der Waals surface area contributed by atoms with Crippen LogP contribution in [0.1, 0.15) is 25.5 Å². The Kier molecular flexibility index (Phi) is 4.54. The molecule has 96 valence electrons. The van der Waals surface area contributed by atoms with Gasteiger partial charge < -0.3 is 15.0 Å². The number of hydrogen-bond donors (Lipinski definition) is 1. The van der Waals surface area contributed by atoms with Crippen LogP contribution in [0.5, 0.6) is 5.75 Å². The van der Waals surface area contributed by atoms with Crippen LogP contribution in [-0.2, 0) is 0 Å². The van der Waals surface area contributed by atoms with Gasteiger partial charge in [0.1, 0.15) is 5.75 Å². The van der Waals surface area contributed by atoms with Gasteiger partial charge in [-0.15, -0.1) is 0 Å². The monoisotopic (exact) mass is 236 g/mol. The van der Waals surface area contributed by atoms with Crippen molar-refractivity contribution in [3.63, 3.8) is 0 Å². The SMILES string of the molecule is CNC(c1ccc(OC)cc1)C(C)(C)N(C)C. The van der Waals surface area contributed by atoms with E-state index in [0.29, 0.717) is 0 Å². The molecule has 1 N–H and O–H groups in total. The molecular weight excluding hydrogens is 212 g/mol. The van der Waals surface area contributed by atoms with Gasteiger partial charge in [-0.05, 0) is 52.7 Å². The third kappa shape index (κ3) is 2.99. The van der Waals surface area contributed by atoms with E-state index in [4.69, 9.17) is 4.74 Å². The molecule has 1 unspecified atom stereocenters. The Morgan fingerprint density at radius 2 is 1.71 bits per heavy atom. The van der Waals surface area contributed by atoms with Crippen molar-refractivity contribution in [3.05, 3.63) is 29.8 Å². The van der Waals surface area contributed by atoms with E-state index in [9.17, 15) is 0 Å². The maximum absolute atomic E-state index is 5.18. The van der Waals surface area contributed by atoms with Crippen LogP contribution in [0.15, 0.2) is 24.3 Å². The van der Waals surface area contributed by atoms with Gasteiger partial charge in [0, 0.05) is 11.6 Å². The van der Waals surface area contributed by atoms with Gasteiger partial charge in [-0.1, -0.05) is 12.1 Å². The molecule has 1 atom stereocenters. The van der Waals surface area contributed by atoms with Gasteiger partial charge in [-0.2, -0.15) is 0 Å². The van der Waals surface area contributed by atoms with E-state index in [1.165, 1.54) is 5.56 Å². The van der Waals surface area contributed by atoms with Crippen LogP contribution in [0.3, 0.4) is 0 Å². The summed E-state index contributed by atoms with van der Waals surface area (Å²) in [6, 6.07) is 8.52. The molecule has 0 fully saturated rings. The van der Waals surface area contributed by atoms with E-state index >= 15 is 0 Å². The van der Waals surface area contributed by atoms with Crippen molar-refractivity contribution < 1.29 is 4.74 Å². The van der Waals surface area contributed by atoms with E-state index in [2.05, 4.69) is 50.3 Å². The van der Waals surface area contributed by atoms with Crippen LogP contribution in [-0.4, -0.2) is 38.7 Å². The fourth-order valence-electron chi connectivity index (χ4n) is 1.98. The van der Waals surface area contributed by atoms with Crippen molar-refractivity contribution in [2.24, 2.45) is 0 Å². The molecule has 0 aliphatic rings. The summed E-state index contributed by atoms with van der Waals surface area (Å²) in [4.78, 5) is 2.23. The summed E-state index contributed by atoms with van der Waals surface area (Å²) in [6.07, 6.45) is 0. The Hall–Kier alpha value is -1.06. The van der Waals surface area contributed by atoms with Gasteiger partial charge in [-0.25, -0.2) is 0 Å². The number of methoxy groups -OCH3 is 1. The van der Waals surface area contributed by atoms with E-state index in [1.54, 1.807) is 7.11 Å². The molecule has 3 nitrogen and oxygen atoms in total. The lowest BCUT2D eigenvalue weighted by Gasteiger charge is -2.40. The molecule has 0 aliphatic heterocycles. The number of benzene rings is 1. The maximum Gasteiger partial charge on any atom is 0.118 e.